The molecule has 0 spiro atoms. The van der Waals surface area contributed by atoms with E-state index in [1.807, 2.05) is 18.2 Å². The molecule has 0 fully saturated rings. The highest BCUT2D eigenvalue weighted by Crippen LogP contribution is 1.99. The highest BCUT2D eigenvalue weighted by atomic mass is 16.5. The van der Waals surface area contributed by atoms with Crippen LogP contribution >= 0.6 is 0 Å². The second-order valence-electron chi connectivity index (χ2n) is 3.29. The molecule has 1 rings (SSSR count). The zero-order valence-corrected chi connectivity index (χ0v) is 9.02. The molecule has 0 aliphatic heterocycles. The summed E-state index contributed by atoms with van der Waals surface area (Å²) in [5.74, 6) is 0. The number of hydrogen-bond donors (Lipinski definition) is 1. The Hall–Kier alpha value is -0.900. The fourth-order valence-corrected chi connectivity index (χ4v) is 1.17. The van der Waals surface area contributed by atoms with Crippen LogP contribution in [0.25, 0.3) is 0 Å². The second-order valence-corrected chi connectivity index (χ2v) is 3.29. The number of rotatable bonds is 8. The van der Waals surface area contributed by atoms with Crippen LogP contribution in [0.4, 0.5) is 0 Å². The van der Waals surface area contributed by atoms with Crippen LogP contribution < -0.4 is 5.73 Å². The van der Waals surface area contributed by atoms with E-state index in [2.05, 4.69) is 12.1 Å². The van der Waals surface area contributed by atoms with Crippen molar-refractivity contribution in [3.05, 3.63) is 35.9 Å². The van der Waals surface area contributed by atoms with Crippen LogP contribution in [-0.4, -0.2) is 26.4 Å². The highest BCUT2D eigenvalue weighted by molar-refractivity contribution is 5.13. The quantitative estimate of drug-likeness (QED) is 0.661. The third-order valence-corrected chi connectivity index (χ3v) is 1.98. The maximum Gasteiger partial charge on any atom is 0.0718 e. The molecular formula is C12H19NO2. The topological polar surface area (TPSA) is 44.5 Å². The molecule has 15 heavy (non-hydrogen) atoms. The zero-order chi connectivity index (χ0) is 10.8. The van der Waals surface area contributed by atoms with Crippen LogP contribution in [0.2, 0.25) is 0 Å². The van der Waals surface area contributed by atoms with E-state index in [0.29, 0.717) is 26.4 Å². The van der Waals surface area contributed by atoms with Crippen LogP contribution in [0.15, 0.2) is 30.3 Å². The van der Waals surface area contributed by atoms with Gasteiger partial charge >= 0.3 is 0 Å². The maximum atomic E-state index is 5.44. The summed E-state index contributed by atoms with van der Waals surface area (Å²) in [6, 6.07) is 10.1. The molecule has 0 heterocycles. The normalized spacial score (nSPS) is 10.5. The van der Waals surface area contributed by atoms with Gasteiger partial charge in [-0.15, -0.1) is 0 Å². The maximum absolute atomic E-state index is 5.44. The molecule has 3 nitrogen and oxygen atoms in total. The molecule has 0 saturated heterocycles. The Morgan fingerprint density at radius 1 is 0.933 bits per heavy atom. The van der Waals surface area contributed by atoms with Gasteiger partial charge in [-0.05, 0) is 18.5 Å². The molecule has 0 aliphatic carbocycles. The van der Waals surface area contributed by atoms with E-state index >= 15 is 0 Å². The van der Waals surface area contributed by atoms with Gasteiger partial charge in [0.05, 0.1) is 19.8 Å². The van der Waals surface area contributed by atoms with Gasteiger partial charge in [0.2, 0.25) is 0 Å². The minimum Gasteiger partial charge on any atom is -0.379 e. The van der Waals surface area contributed by atoms with Gasteiger partial charge in [-0.25, -0.2) is 0 Å². The lowest BCUT2D eigenvalue weighted by Crippen LogP contribution is -2.08. The van der Waals surface area contributed by atoms with Crippen molar-refractivity contribution in [2.75, 3.05) is 26.4 Å². The van der Waals surface area contributed by atoms with Gasteiger partial charge in [-0.1, -0.05) is 30.3 Å². The first-order valence-corrected chi connectivity index (χ1v) is 5.33. The monoisotopic (exact) mass is 209 g/mol. The standard InChI is InChI=1S/C12H19NO2/c13-7-4-8-14-9-10-15-11-12-5-2-1-3-6-12/h1-3,5-6H,4,7-11,13H2. The highest BCUT2D eigenvalue weighted by Gasteiger charge is 1.92. The minimum atomic E-state index is 0.638. The third kappa shape index (κ3) is 6.23. The molecule has 0 aliphatic rings. The Morgan fingerprint density at radius 2 is 1.67 bits per heavy atom. The average molecular weight is 209 g/mol. The largest absolute Gasteiger partial charge is 0.379 e. The van der Waals surface area contributed by atoms with E-state index in [4.69, 9.17) is 15.2 Å². The molecule has 0 saturated carbocycles. The van der Waals surface area contributed by atoms with Crippen molar-refractivity contribution in [1.29, 1.82) is 0 Å². The molecule has 1 aromatic carbocycles. The Bertz CT molecular complexity index is 239. The fraction of sp³-hybridized carbons (Fsp3) is 0.500. The van der Waals surface area contributed by atoms with Crippen molar-refractivity contribution < 1.29 is 9.47 Å². The van der Waals surface area contributed by atoms with Crippen LogP contribution in [0.5, 0.6) is 0 Å². The van der Waals surface area contributed by atoms with E-state index in [0.717, 1.165) is 13.0 Å². The van der Waals surface area contributed by atoms with Crippen molar-refractivity contribution >= 4 is 0 Å². The summed E-state index contributed by atoms with van der Waals surface area (Å²) < 4.78 is 10.8. The van der Waals surface area contributed by atoms with E-state index in [-0.39, 0.29) is 0 Å². The molecular weight excluding hydrogens is 190 g/mol. The van der Waals surface area contributed by atoms with Crippen LogP contribution in [0.1, 0.15) is 12.0 Å². The summed E-state index contributed by atoms with van der Waals surface area (Å²) >= 11 is 0. The third-order valence-electron chi connectivity index (χ3n) is 1.98. The number of hydrogen-bond acceptors (Lipinski definition) is 3. The van der Waals surface area contributed by atoms with Crippen molar-refractivity contribution in [3.8, 4) is 0 Å². The Kier molecular flexibility index (Phi) is 6.83. The van der Waals surface area contributed by atoms with Gasteiger partial charge in [0, 0.05) is 6.61 Å². The van der Waals surface area contributed by atoms with Crippen molar-refractivity contribution in [2.45, 2.75) is 13.0 Å². The van der Waals surface area contributed by atoms with Gasteiger partial charge in [-0.2, -0.15) is 0 Å². The minimum absolute atomic E-state index is 0.638. The lowest BCUT2D eigenvalue weighted by atomic mass is 10.2. The van der Waals surface area contributed by atoms with Crippen molar-refractivity contribution in [3.63, 3.8) is 0 Å². The molecule has 0 unspecified atom stereocenters. The van der Waals surface area contributed by atoms with Crippen LogP contribution in [0.3, 0.4) is 0 Å². The van der Waals surface area contributed by atoms with Gasteiger partial charge < -0.3 is 15.2 Å². The fourth-order valence-electron chi connectivity index (χ4n) is 1.17. The van der Waals surface area contributed by atoms with E-state index < -0.39 is 0 Å². The van der Waals surface area contributed by atoms with E-state index in [1.54, 1.807) is 0 Å². The smallest absolute Gasteiger partial charge is 0.0718 e. The summed E-state index contributed by atoms with van der Waals surface area (Å²) in [4.78, 5) is 0. The summed E-state index contributed by atoms with van der Waals surface area (Å²) in [5.41, 5.74) is 6.53. The lowest BCUT2D eigenvalue weighted by Gasteiger charge is -2.05. The average Bonchev–Trinajstić information content (AvgIpc) is 2.29. The molecule has 1 aromatic rings. The second kappa shape index (κ2) is 8.41. The Balaban J connectivity index is 1.93. The van der Waals surface area contributed by atoms with E-state index in [1.165, 1.54) is 5.56 Å². The molecule has 0 bridgehead atoms. The first-order valence-electron chi connectivity index (χ1n) is 5.33. The van der Waals surface area contributed by atoms with Gasteiger partial charge in [0.25, 0.3) is 0 Å². The van der Waals surface area contributed by atoms with Crippen molar-refractivity contribution in [1.82, 2.24) is 0 Å². The van der Waals surface area contributed by atoms with Gasteiger partial charge in [0.1, 0.15) is 0 Å². The molecule has 84 valence electrons. The molecule has 0 radical (unpaired) electrons. The predicted octanol–water partition coefficient (Wildman–Crippen LogP) is 1.57. The summed E-state index contributed by atoms with van der Waals surface area (Å²) in [6.45, 7) is 3.35. The first-order chi connectivity index (χ1) is 7.43. The molecule has 3 heteroatoms. The SMILES string of the molecule is NCCCOCCOCc1ccccc1. The molecule has 0 amide bonds. The van der Waals surface area contributed by atoms with Crippen LogP contribution in [0, 0.1) is 0 Å². The molecule has 0 atom stereocenters. The lowest BCUT2D eigenvalue weighted by molar-refractivity contribution is 0.0403. The summed E-state index contributed by atoms with van der Waals surface area (Å²) in [6.07, 6.45) is 0.915. The van der Waals surface area contributed by atoms with Gasteiger partial charge in [0.15, 0.2) is 0 Å². The predicted molar refractivity (Wildman–Crippen MR) is 60.6 cm³/mol. The summed E-state index contributed by atoms with van der Waals surface area (Å²) in [5, 5.41) is 0. The summed E-state index contributed by atoms with van der Waals surface area (Å²) in [7, 11) is 0. The molecule has 2 N–H and O–H groups in total. The molecule has 0 aromatic heterocycles. The first kappa shape index (κ1) is 12.2. The Labute approximate surface area is 91.2 Å². The van der Waals surface area contributed by atoms with Gasteiger partial charge in [-0.3, -0.25) is 0 Å². The number of benzene rings is 1. The Morgan fingerprint density at radius 3 is 2.40 bits per heavy atom. The zero-order valence-electron chi connectivity index (χ0n) is 9.02. The van der Waals surface area contributed by atoms with Crippen LogP contribution in [-0.2, 0) is 16.1 Å². The number of ether oxygens (including phenoxy) is 2. The van der Waals surface area contributed by atoms with E-state index in [9.17, 15) is 0 Å². The number of nitrogens with two attached hydrogens (primary N) is 1. The van der Waals surface area contributed by atoms with Crippen molar-refractivity contribution in [2.24, 2.45) is 5.73 Å².